The van der Waals surface area contributed by atoms with Gasteiger partial charge >= 0.3 is 0 Å². The van der Waals surface area contributed by atoms with Crippen molar-refractivity contribution in [3.05, 3.63) is 69.7 Å². The van der Waals surface area contributed by atoms with Gasteiger partial charge in [-0.1, -0.05) is 53.6 Å². The lowest BCUT2D eigenvalue weighted by Crippen LogP contribution is -2.34. The maximum absolute atomic E-state index is 6.39. The Bertz CT molecular complexity index is 616. The molecule has 0 bridgehead atoms. The van der Waals surface area contributed by atoms with Crippen molar-refractivity contribution in [3.8, 4) is 0 Å². The second-order valence-corrected chi connectivity index (χ2v) is 6.58. The van der Waals surface area contributed by atoms with Crippen LogP contribution in [0.5, 0.6) is 0 Å². The predicted molar refractivity (Wildman–Crippen MR) is 94.2 cm³/mol. The zero-order valence-corrected chi connectivity index (χ0v) is 14.6. The zero-order chi connectivity index (χ0) is 15.5. The van der Waals surface area contributed by atoms with E-state index in [1.54, 1.807) is 0 Å². The molecule has 0 aliphatic rings. The summed E-state index contributed by atoms with van der Waals surface area (Å²) in [5.41, 5.74) is 4.45. The smallest absolute Gasteiger partial charge is 0.0444 e. The van der Waals surface area contributed by atoms with Crippen molar-refractivity contribution in [2.75, 3.05) is 11.8 Å². The third-order valence-electron chi connectivity index (χ3n) is 3.99. The molecule has 0 unspecified atom stereocenters. The molecule has 0 saturated heterocycles. The lowest BCUT2D eigenvalue weighted by atomic mass is 9.77. The van der Waals surface area contributed by atoms with Crippen LogP contribution in [-0.4, -0.2) is 11.8 Å². The van der Waals surface area contributed by atoms with E-state index in [4.69, 9.17) is 34.8 Å². The summed E-state index contributed by atoms with van der Waals surface area (Å²) in [6, 6.07) is 14.3. The van der Waals surface area contributed by atoms with Crippen LogP contribution in [0.2, 0.25) is 5.02 Å². The molecule has 0 aromatic heterocycles. The van der Waals surface area contributed by atoms with Crippen LogP contribution in [0.1, 0.15) is 22.3 Å². The number of hydrogen-bond donors (Lipinski definition) is 0. The van der Waals surface area contributed by atoms with E-state index in [2.05, 4.69) is 32.0 Å². The normalized spacial score (nSPS) is 11.7. The second-order valence-electron chi connectivity index (χ2n) is 5.63. The van der Waals surface area contributed by atoms with E-state index in [0.717, 1.165) is 17.0 Å². The van der Waals surface area contributed by atoms with Gasteiger partial charge in [-0.3, -0.25) is 0 Å². The number of halogens is 3. The molecule has 2 aromatic rings. The first-order valence-corrected chi connectivity index (χ1v) is 8.40. The average Bonchev–Trinajstić information content (AvgIpc) is 2.49. The number of alkyl halides is 2. The third-order valence-corrected chi connectivity index (χ3v) is 5.34. The van der Waals surface area contributed by atoms with Crippen molar-refractivity contribution < 1.29 is 0 Å². The molecule has 0 aliphatic carbocycles. The Labute approximate surface area is 142 Å². The maximum atomic E-state index is 6.39. The fourth-order valence-corrected chi connectivity index (χ4v) is 3.71. The van der Waals surface area contributed by atoms with E-state index in [0.29, 0.717) is 11.8 Å². The molecule has 2 rings (SSSR count). The molecule has 0 amide bonds. The van der Waals surface area contributed by atoms with Crippen molar-refractivity contribution in [3.63, 3.8) is 0 Å². The highest BCUT2D eigenvalue weighted by Gasteiger charge is 2.33. The zero-order valence-electron chi connectivity index (χ0n) is 12.3. The number of aryl methyl sites for hydroxylation is 2. The number of rotatable bonds is 5. The first kappa shape index (κ1) is 16.7. The molecule has 3 heteroatoms. The lowest BCUT2D eigenvalue weighted by Gasteiger charge is -2.32. The van der Waals surface area contributed by atoms with Gasteiger partial charge < -0.3 is 0 Å². The van der Waals surface area contributed by atoms with Gasteiger partial charge in [-0.2, -0.15) is 0 Å². The van der Waals surface area contributed by atoms with Gasteiger partial charge in [-0.05, 0) is 43.0 Å². The van der Waals surface area contributed by atoms with E-state index in [-0.39, 0.29) is 5.41 Å². The topological polar surface area (TPSA) is 0 Å². The van der Waals surface area contributed by atoms with Gasteiger partial charge in [0.05, 0.1) is 0 Å². The molecule has 0 saturated carbocycles. The van der Waals surface area contributed by atoms with Gasteiger partial charge in [0.2, 0.25) is 0 Å². The predicted octanol–water partition coefficient (Wildman–Crippen LogP) is 5.91. The van der Waals surface area contributed by atoms with E-state index >= 15 is 0 Å². The first-order valence-electron chi connectivity index (χ1n) is 6.95. The van der Waals surface area contributed by atoms with Crippen LogP contribution in [-0.2, 0) is 11.8 Å². The minimum atomic E-state index is -0.347. The van der Waals surface area contributed by atoms with Gasteiger partial charge in [-0.25, -0.2) is 0 Å². The standard InChI is InChI=1S/C18H19Cl3/c1-13-7-8-14(2)15(9-13)10-18(11-19,12-20)16-5-3-4-6-17(16)21/h3-9H,10-12H2,1-2H3. The monoisotopic (exact) mass is 340 g/mol. The van der Waals surface area contributed by atoms with Crippen LogP contribution >= 0.6 is 34.8 Å². The molecular formula is C18H19Cl3. The molecule has 0 nitrogen and oxygen atoms in total. The van der Waals surface area contributed by atoms with Crippen molar-refractivity contribution in [2.24, 2.45) is 0 Å². The highest BCUT2D eigenvalue weighted by molar-refractivity contribution is 6.32. The average molecular weight is 342 g/mol. The fraction of sp³-hybridized carbons (Fsp3) is 0.333. The van der Waals surface area contributed by atoms with Crippen molar-refractivity contribution in [2.45, 2.75) is 25.7 Å². The van der Waals surface area contributed by atoms with Gasteiger partial charge in [0.25, 0.3) is 0 Å². The number of hydrogen-bond acceptors (Lipinski definition) is 0. The van der Waals surface area contributed by atoms with Crippen LogP contribution in [0.25, 0.3) is 0 Å². The summed E-state index contributed by atoms with van der Waals surface area (Å²) in [6.45, 7) is 4.22. The molecule has 0 atom stereocenters. The van der Waals surface area contributed by atoms with Crippen LogP contribution in [0, 0.1) is 13.8 Å². The Morgan fingerprint density at radius 3 is 2.24 bits per heavy atom. The van der Waals surface area contributed by atoms with Gasteiger partial charge in [-0.15, -0.1) is 23.2 Å². The summed E-state index contributed by atoms with van der Waals surface area (Å²) in [6.07, 6.45) is 0.789. The Hall–Kier alpha value is -0.690. The molecule has 21 heavy (non-hydrogen) atoms. The number of benzene rings is 2. The molecule has 112 valence electrons. The highest BCUT2D eigenvalue weighted by atomic mass is 35.5. The summed E-state index contributed by atoms with van der Waals surface area (Å²) in [5, 5.41) is 0.726. The minimum Gasteiger partial charge on any atom is -0.126 e. The minimum absolute atomic E-state index is 0.347. The van der Waals surface area contributed by atoms with E-state index in [1.807, 2.05) is 24.3 Å². The molecule has 0 radical (unpaired) electrons. The first-order chi connectivity index (χ1) is 10.0. The lowest BCUT2D eigenvalue weighted by molar-refractivity contribution is 0.535. The highest BCUT2D eigenvalue weighted by Crippen LogP contribution is 2.36. The van der Waals surface area contributed by atoms with Crippen LogP contribution in [0.15, 0.2) is 42.5 Å². The fourth-order valence-electron chi connectivity index (χ4n) is 2.62. The molecular weight excluding hydrogens is 323 g/mol. The van der Waals surface area contributed by atoms with E-state index in [1.165, 1.54) is 16.7 Å². The van der Waals surface area contributed by atoms with Crippen molar-refractivity contribution >= 4 is 34.8 Å². The van der Waals surface area contributed by atoms with Gasteiger partial charge in [0.1, 0.15) is 0 Å². The van der Waals surface area contributed by atoms with E-state index < -0.39 is 0 Å². The maximum Gasteiger partial charge on any atom is 0.0444 e. The van der Waals surface area contributed by atoms with E-state index in [9.17, 15) is 0 Å². The third kappa shape index (κ3) is 3.56. The molecule has 0 aliphatic heterocycles. The Morgan fingerprint density at radius 2 is 1.62 bits per heavy atom. The SMILES string of the molecule is Cc1ccc(C)c(CC(CCl)(CCl)c2ccccc2Cl)c1. The van der Waals surface area contributed by atoms with Crippen molar-refractivity contribution in [1.29, 1.82) is 0 Å². The molecule has 2 aromatic carbocycles. The van der Waals surface area contributed by atoms with Crippen LogP contribution < -0.4 is 0 Å². The van der Waals surface area contributed by atoms with Gasteiger partial charge in [0.15, 0.2) is 0 Å². The molecule has 0 N–H and O–H groups in total. The van der Waals surface area contributed by atoms with Crippen molar-refractivity contribution in [1.82, 2.24) is 0 Å². The van der Waals surface area contributed by atoms with Crippen LogP contribution in [0.3, 0.4) is 0 Å². The quantitative estimate of drug-likeness (QED) is 0.593. The summed E-state index contributed by atoms with van der Waals surface area (Å²) < 4.78 is 0. The second kappa shape index (κ2) is 7.05. The summed E-state index contributed by atoms with van der Waals surface area (Å²) >= 11 is 19.0. The Morgan fingerprint density at radius 1 is 0.952 bits per heavy atom. The van der Waals surface area contributed by atoms with Crippen LogP contribution in [0.4, 0.5) is 0 Å². The largest absolute Gasteiger partial charge is 0.126 e. The summed E-state index contributed by atoms with van der Waals surface area (Å²) in [4.78, 5) is 0. The summed E-state index contributed by atoms with van der Waals surface area (Å²) in [7, 11) is 0. The molecule has 0 spiro atoms. The van der Waals surface area contributed by atoms with Gasteiger partial charge in [0, 0.05) is 22.2 Å². The Balaban J connectivity index is 2.48. The Kier molecular flexibility index (Phi) is 5.60. The summed E-state index contributed by atoms with van der Waals surface area (Å²) in [5.74, 6) is 0.876. The molecule has 0 heterocycles. The molecule has 0 fully saturated rings.